The normalized spacial score (nSPS) is 11.3. The lowest BCUT2D eigenvalue weighted by Crippen LogP contribution is -2.21. The van der Waals surface area contributed by atoms with Crippen LogP contribution in [0, 0.1) is 11.3 Å². The van der Waals surface area contributed by atoms with E-state index in [1.165, 1.54) is 11.3 Å². The van der Waals surface area contributed by atoms with Gasteiger partial charge in [0.2, 0.25) is 5.13 Å². The number of nitrogen functional groups attached to an aromatic ring is 1. The summed E-state index contributed by atoms with van der Waals surface area (Å²) < 4.78 is 5.63. The maximum Gasteiger partial charge on any atom is 0.344 e. The second kappa shape index (κ2) is 8.67. The summed E-state index contributed by atoms with van der Waals surface area (Å²) in [5.74, 6) is 0. The van der Waals surface area contributed by atoms with Crippen LogP contribution in [0.15, 0.2) is 55.3 Å². The Bertz CT molecular complexity index is 1360. The number of thiophene rings is 1. The van der Waals surface area contributed by atoms with E-state index in [1.54, 1.807) is 17.6 Å². The van der Waals surface area contributed by atoms with Crippen molar-refractivity contribution < 1.29 is 4.42 Å². The second-order valence-electron chi connectivity index (χ2n) is 6.49. The van der Waals surface area contributed by atoms with Gasteiger partial charge < -0.3 is 15.1 Å². The van der Waals surface area contributed by atoms with E-state index in [0.717, 1.165) is 35.5 Å². The molecule has 0 aliphatic carbocycles. The molecule has 0 saturated heterocycles. The van der Waals surface area contributed by atoms with Crippen LogP contribution in [0.5, 0.6) is 0 Å². The molecule has 0 atom stereocenters. The fraction of sp³-hybridized carbons (Fsp3) is 0.190. The van der Waals surface area contributed by atoms with Crippen molar-refractivity contribution in [2.24, 2.45) is 10.2 Å². The maximum atomic E-state index is 12.9. The average Bonchev–Trinajstić information content (AvgIpc) is 3.39. The summed E-state index contributed by atoms with van der Waals surface area (Å²) in [5, 5.41) is 21.5. The summed E-state index contributed by atoms with van der Waals surface area (Å²) in [4.78, 5) is 19.1. The van der Waals surface area contributed by atoms with E-state index in [-0.39, 0.29) is 16.1 Å². The van der Waals surface area contributed by atoms with E-state index in [9.17, 15) is 10.1 Å². The minimum atomic E-state index is -0.566. The van der Waals surface area contributed by atoms with Gasteiger partial charge in [0.1, 0.15) is 21.7 Å². The summed E-state index contributed by atoms with van der Waals surface area (Å²) in [6.07, 6.45) is 1.62. The van der Waals surface area contributed by atoms with Crippen molar-refractivity contribution in [2.45, 2.75) is 13.8 Å². The highest BCUT2D eigenvalue weighted by Crippen LogP contribution is 2.44. The number of nitrogens with two attached hydrogens (primary N) is 1. The topological polar surface area (TPSA) is 121 Å². The molecule has 3 heterocycles. The van der Waals surface area contributed by atoms with Crippen molar-refractivity contribution in [1.82, 2.24) is 4.98 Å². The largest absolute Gasteiger partial charge is 0.422 e. The van der Waals surface area contributed by atoms with Crippen molar-refractivity contribution in [1.29, 1.82) is 5.26 Å². The molecule has 0 saturated carbocycles. The number of anilines is 2. The molecule has 0 aliphatic rings. The number of hydrogen-bond donors (Lipinski definition) is 1. The highest BCUT2D eigenvalue weighted by molar-refractivity contribution is 7.20. The van der Waals surface area contributed by atoms with Crippen LogP contribution >= 0.6 is 22.7 Å². The van der Waals surface area contributed by atoms with E-state index in [1.807, 2.05) is 18.2 Å². The molecule has 156 valence electrons. The van der Waals surface area contributed by atoms with Gasteiger partial charge in [0, 0.05) is 47.4 Å². The zero-order valence-electron chi connectivity index (χ0n) is 16.8. The van der Waals surface area contributed by atoms with E-state index >= 15 is 0 Å². The first-order valence-electron chi connectivity index (χ1n) is 9.52. The number of fused-ring (bicyclic) bond motifs is 1. The van der Waals surface area contributed by atoms with E-state index in [4.69, 9.17) is 10.2 Å². The Morgan fingerprint density at radius 2 is 2.06 bits per heavy atom. The van der Waals surface area contributed by atoms with Crippen LogP contribution in [-0.2, 0) is 0 Å². The maximum absolute atomic E-state index is 12.9. The third kappa shape index (κ3) is 3.93. The minimum Gasteiger partial charge on any atom is -0.422 e. The highest BCUT2D eigenvalue weighted by atomic mass is 32.1. The quantitative estimate of drug-likeness (QED) is 0.297. The fourth-order valence-electron chi connectivity index (χ4n) is 3.28. The van der Waals surface area contributed by atoms with Crippen molar-refractivity contribution in [3.63, 3.8) is 0 Å². The Morgan fingerprint density at radius 1 is 1.26 bits per heavy atom. The van der Waals surface area contributed by atoms with Gasteiger partial charge in [0.05, 0.1) is 11.1 Å². The smallest absolute Gasteiger partial charge is 0.344 e. The van der Waals surface area contributed by atoms with Gasteiger partial charge in [-0.25, -0.2) is 9.78 Å². The van der Waals surface area contributed by atoms with E-state index < -0.39 is 5.63 Å². The molecule has 3 aromatic heterocycles. The number of nitrogens with zero attached hydrogens (tertiary/aromatic N) is 5. The third-order valence-electron chi connectivity index (χ3n) is 4.79. The molecule has 0 spiro atoms. The molecule has 2 N–H and O–H groups in total. The highest BCUT2D eigenvalue weighted by Gasteiger charge is 2.22. The van der Waals surface area contributed by atoms with Crippen LogP contribution < -0.4 is 16.3 Å². The molecule has 0 unspecified atom stereocenters. The predicted octanol–water partition coefficient (Wildman–Crippen LogP) is 5.69. The zero-order chi connectivity index (χ0) is 22.0. The van der Waals surface area contributed by atoms with Gasteiger partial charge in [-0.3, -0.25) is 0 Å². The minimum absolute atomic E-state index is 0.185. The molecule has 4 rings (SSSR count). The third-order valence-corrected chi connectivity index (χ3v) is 6.35. The van der Waals surface area contributed by atoms with E-state index in [0.29, 0.717) is 21.3 Å². The van der Waals surface area contributed by atoms with Gasteiger partial charge in [-0.1, -0.05) is 11.3 Å². The summed E-state index contributed by atoms with van der Waals surface area (Å²) in [7, 11) is 0. The molecule has 0 radical (unpaired) electrons. The first-order chi connectivity index (χ1) is 15.0. The lowest BCUT2D eigenvalue weighted by molar-refractivity contribution is 0.563. The number of hydrogen-bond acceptors (Lipinski definition) is 10. The van der Waals surface area contributed by atoms with Gasteiger partial charge >= 0.3 is 5.63 Å². The van der Waals surface area contributed by atoms with Crippen molar-refractivity contribution in [3.8, 4) is 17.2 Å². The van der Waals surface area contributed by atoms with Gasteiger partial charge in [0.25, 0.3) is 0 Å². The Morgan fingerprint density at radius 3 is 2.74 bits per heavy atom. The van der Waals surface area contributed by atoms with Crippen molar-refractivity contribution >= 4 is 54.5 Å². The Balaban J connectivity index is 1.86. The van der Waals surface area contributed by atoms with Crippen LogP contribution in [0.2, 0.25) is 0 Å². The van der Waals surface area contributed by atoms with Gasteiger partial charge in [-0.15, -0.1) is 21.6 Å². The van der Waals surface area contributed by atoms with E-state index in [2.05, 4.69) is 40.0 Å². The monoisotopic (exact) mass is 450 g/mol. The zero-order valence-corrected chi connectivity index (χ0v) is 18.5. The summed E-state index contributed by atoms with van der Waals surface area (Å²) in [5.41, 5.74) is 7.65. The molecular formula is C21H18N6O2S2. The first kappa shape index (κ1) is 20.7. The summed E-state index contributed by atoms with van der Waals surface area (Å²) in [6.45, 7) is 5.83. The molecule has 8 nitrogen and oxygen atoms in total. The molecule has 31 heavy (non-hydrogen) atoms. The van der Waals surface area contributed by atoms with Crippen molar-refractivity contribution in [2.75, 3.05) is 23.7 Å². The first-order valence-corrected chi connectivity index (χ1v) is 11.2. The number of nitriles is 1. The van der Waals surface area contributed by atoms with Crippen LogP contribution in [-0.4, -0.2) is 18.1 Å². The van der Waals surface area contributed by atoms with Crippen LogP contribution in [0.1, 0.15) is 19.4 Å². The van der Waals surface area contributed by atoms with Crippen LogP contribution in [0.4, 0.5) is 20.8 Å². The lowest BCUT2D eigenvalue weighted by Gasteiger charge is -2.21. The molecule has 0 fully saturated rings. The number of azo groups is 1. The van der Waals surface area contributed by atoms with Gasteiger partial charge in [-0.05, 0) is 32.0 Å². The molecule has 0 bridgehead atoms. The van der Waals surface area contributed by atoms with Gasteiger partial charge in [0.15, 0.2) is 0 Å². The van der Waals surface area contributed by atoms with Crippen LogP contribution in [0.3, 0.4) is 0 Å². The molecule has 10 heteroatoms. The molecular weight excluding hydrogens is 432 g/mol. The number of aromatic nitrogens is 1. The van der Waals surface area contributed by atoms with Crippen molar-refractivity contribution in [3.05, 3.63) is 51.8 Å². The standard InChI is InChI=1S/C21H18N6O2S2/c1-3-27(4-2)13-6-5-12-9-14(20(28)29-16(12)10-13)17-15(11-22)18(23)31-19(17)25-26-21-24-7-8-30-21/h5-10H,3-4,23H2,1-2H3/b26-25+. The fourth-order valence-corrected chi connectivity index (χ4v) is 4.59. The Labute approximate surface area is 185 Å². The lowest BCUT2D eigenvalue weighted by atomic mass is 10.0. The van der Waals surface area contributed by atoms with Gasteiger partial charge in [-0.2, -0.15) is 5.26 Å². The average molecular weight is 451 g/mol. The second-order valence-corrected chi connectivity index (χ2v) is 8.39. The Hall–Kier alpha value is -3.55. The Kier molecular flexibility index (Phi) is 5.79. The molecule has 0 amide bonds. The summed E-state index contributed by atoms with van der Waals surface area (Å²) >= 11 is 2.42. The molecule has 4 aromatic rings. The number of benzene rings is 1. The predicted molar refractivity (Wildman–Crippen MR) is 125 cm³/mol. The number of thiazole rings is 1. The van der Waals surface area contributed by atoms with Crippen LogP contribution in [0.25, 0.3) is 22.1 Å². The summed E-state index contributed by atoms with van der Waals surface area (Å²) in [6, 6.07) is 9.51. The SMILES string of the molecule is CCN(CC)c1ccc2cc(-c3c(/N=N/c4nccs4)sc(N)c3C#N)c(=O)oc2c1. The molecule has 1 aromatic carbocycles. The molecule has 0 aliphatic heterocycles. The number of rotatable bonds is 6.